The summed E-state index contributed by atoms with van der Waals surface area (Å²) >= 11 is 0. The average Bonchev–Trinajstić information content (AvgIpc) is 3.28. The van der Waals surface area contributed by atoms with Crippen molar-refractivity contribution in [2.24, 2.45) is 0 Å². The monoisotopic (exact) mass is 511 g/mol. The number of hydrogen-bond donors (Lipinski definition) is 1. The second-order valence-corrected chi connectivity index (χ2v) is 10.3. The molecule has 0 aliphatic rings. The van der Waals surface area contributed by atoms with E-state index in [-0.39, 0.29) is 18.2 Å². The van der Waals surface area contributed by atoms with Crippen LogP contribution in [0.25, 0.3) is 11.0 Å². The Morgan fingerprint density at radius 2 is 1.61 bits per heavy atom. The molecule has 196 valence electrons. The van der Waals surface area contributed by atoms with Crippen LogP contribution >= 0.6 is 0 Å². The van der Waals surface area contributed by atoms with Gasteiger partial charge in [0.25, 0.3) is 0 Å². The van der Waals surface area contributed by atoms with E-state index in [0.29, 0.717) is 27.8 Å². The van der Waals surface area contributed by atoms with Crippen LogP contribution in [0, 0.1) is 0 Å². The molecule has 0 aliphatic carbocycles. The van der Waals surface area contributed by atoms with Gasteiger partial charge in [0.1, 0.15) is 18.1 Å². The molecule has 0 saturated heterocycles. The molecule has 4 rings (SSSR count). The van der Waals surface area contributed by atoms with Crippen LogP contribution in [0.2, 0.25) is 0 Å². The van der Waals surface area contributed by atoms with Crippen LogP contribution in [0.15, 0.2) is 72.8 Å². The van der Waals surface area contributed by atoms with Gasteiger partial charge in [-0.15, -0.1) is 5.10 Å². The van der Waals surface area contributed by atoms with Crippen molar-refractivity contribution in [1.29, 1.82) is 0 Å². The topological polar surface area (TPSA) is 97.2 Å². The minimum Gasteiger partial charge on any atom is -0.349 e. The minimum absolute atomic E-state index is 0.168. The number of hydrogen-bond acceptors (Lipinski definition) is 5. The number of carbonyl (C=O) groups excluding carboxylic acids is 3. The van der Waals surface area contributed by atoms with Crippen molar-refractivity contribution in [2.45, 2.75) is 59.2 Å². The zero-order chi connectivity index (χ0) is 27.4. The smallest absolute Gasteiger partial charge is 0.249 e. The van der Waals surface area contributed by atoms with Crippen LogP contribution in [0.3, 0.4) is 0 Å². The molecule has 0 fully saturated rings. The summed E-state index contributed by atoms with van der Waals surface area (Å²) in [5.74, 6) is -0.958. The lowest BCUT2D eigenvalue weighted by molar-refractivity contribution is -0.128. The first kappa shape index (κ1) is 26.7. The molecular formula is C30H33N5O3. The maximum absolute atomic E-state index is 14.2. The molecule has 4 aromatic rings. The van der Waals surface area contributed by atoms with Gasteiger partial charge in [0.05, 0.1) is 11.2 Å². The van der Waals surface area contributed by atoms with Gasteiger partial charge in [-0.2, -0.15) is 0 Å². The zero-order valence-corrected chi connectivity index (χ0v) is 22.4. The normalized spacial score (nSPS) is 12.2. The second-order valence-electron chi connectivity index (χ2n) is 10.3. The van der Waals surface area contributed by atoms with Crippen molar-refractivity contribution in [3.05, 3.63) is 89.5 Å². The zero-order valence-electron chi connectivity index (χ0n) is 22.4. The lowest BCUT2D eigenvalue weighted by atomic mass is 9.97. The van der Waals surface area contributed by atoms with Gasteiger partial charge in [0, 0.05) is 11.1 Å². The fraction of sp³-hybridized carbons (Fsp3) is 0.300. The Hall–Kier alpha value is -4.33. The highest BCUT2D eigenvalue weighted by Gasteiger charge is 2.36. The average molecular weight is 512 g/mol. The van der Waals surface area contributed by atoms with Crippen LogP contribution in [0.4, 0.5) is 5.69 Å². The molecule has 0 radical (unpaired) electrons. The van der Waals surface area contributed by atoms with E-state index in [9.17, 15) is 14.4 Å². The largest absolute Gasteiger partial charge is 0.349 e. The number of Topliss-reactive ketones (excluding diaryl/α,β-unsaturated/α-hetero) is 1. The Bertz CT molecular complexity index is 1470. The number of amides is 2. The van der Waals surface area contributed by atoms with Crippen LogP contribution in [0.1, 0.15) is 62.1 Å². The molecule has 1 atom stereocenters. The molecule has 8 heteroatoms. The molecule has 8 nitrogen and oxygen atoms in total. The summed E-state index contributed by atoms with van der Waals surface area (Å²) in [5, 5.41) is 11.4. The van der Waals surface area contributed by atoms with Crippen molar-refractivity contribution >= 4 is 34.3 Å². The number of aromatic nitrogens is 3. The quantitative estimate of drug-likeness (QED) is 0.340. The van der Waals surface area contributed by atoms with Crippen molar-refractivity contribution in [1.82, 2.24) is 20.3 Å². The van der Waals surface area contributed by atoms with Crippen LogP contribution < -0.4 is 10.2 Å². The first-order valence-corrected chi connectivity index (χ1v) is 12.7. The van der Waals surface area contributed by atoms with E-state index >= 15 is 0 Å². The molecule has 38 heavy (non-hydrogen) atoms. The van der Waals surface area contributed by atoms with Crippen LogP contribution in [-0.2, 0) is 22.6 Å². The molecule has 1 unspecified atom stereocenters. The third-order valence-electron chi connectivity index (χ3n) is 6.23. The van der Waals surface area contributed by atoms with Crippen molar-refractivity contribution in [3.63, 3.8) is 0 Å². The van der Waals surface area contributed by atoms with Crippen molar-refractivity contribution in [2.75, 3.05) is 4.90 Å². The highest BCUT2D eigenvalue weighted by molar-refractivity contribution is 6.08. The van der Waals surface area contributed by atoms with Gasteiger partial charge in [-0.25, -0.2) is 4.68 Å². The maximum atomic E-state index is 14.2. The number of rotatable bonds is 8. The van der Waals surface area contributed by atoms with Gasteiger partial charge in [-0.05, 0) is 69.5 Å². The summed E-state index contributed by atoms with van der Waals surface area (Å²) in [5.41, 5.74) is 3.28. The lowest BCUT2D eigenvalue weighted by Crippen LogP contribution is -2.50. The number of carbonyl (C=O) groups is 3. The SMILES string of the molecule is CCc1ccc(C(C(=O)NC(C)(C)C)N(C(=O)Cn2nnc3ccccc32)c2ccccc2C(C)=O)cc1. The van der Waals surface area contributed by atoms with Crippen molar-refractivity contribution < 1.29 is 14.4 Å². The Kier molecular flexibility index (Phi) is 7.71. The molecule has 0 spiro atoms. The molecular weight excluding hydrogens is 478 g/mol. The second kappa shape index (κ2) is 11.0. The Balaban J connectivity index is 1.89. The van der Waals surface area contributed by atoms with E-state index in [0.717, 1.165) is 12.0 Å². The van der Waals surface area contributed by atoms with E-state index in [1.807, 2.05) is 69.3 Å². The minimum atomic E-state index is -1.03. The predicted molar refractivity (Wildman–Crippen MR) is 148 cm³/mol. The van der Waals surface area contributed by atoms with Gasteiger partial charge < -0.3 is 5.32 Å². The summed E-state index contributed by atoms with van der Waals surface area (Å²) in [4.78, 5) is 42.2. The van der Waals surface area contributed by atoms with Crippen LogP contribution in [-0.4, -0.2) is 38.1 Å². The maximum Gasteiger partial charge on any atom is 0.249 e. The fourth-order valence-electron chi connectivity index (χ4n) is 4.43. The van der Waals surface area contributed by atoms with Gasteiger partial charge in [-0.3, -0.25) is 19.3 Å². The molecule has 1 N–H and O–H groups in total. The van der Waals surface area contributed by atoms with Gasteiger partial charge in [-0.1, -0.05) is 60.7 Å². The van der Waals surface area contributed by atoms with Crippen LogP contribution in [0.5, 0.6) is 0 Å². The number of aryl methyl sites for hydroxylation is 1. The number of benzene rings is 3. The first-order valence-electron chi connectivity index (χ1n) is 12.7. The standard InChI is InChI=1S/C30H33N5O3/c1-6-21-15-17-22(18-16-21)28(29(38)31-30(3,4)5)35(25-13-9-7-11-23(25)20(2)36)27(37)19-34-26-14-10-8-12-24(26)32-33-34/h7-18,28H,6,19H2,1-5H3,(H,31,38). The molecule has 2 amide bonds. The molecule has 0 saturated carbocycles. The van der Waals surface area contributed by atoms with Gasteiger partial charge >= 0.3 is 0 Å². The van der Waals surface area contributed by atoms with Gasteiger partial charge in [0.15, 0.2) is 5.78 Å². The number of nitrogens with zero attached hydrogens (tertiary/aromatic N) is 4. The highest BCUT2D eigenvalue weighted by atomic mass is 16.2. The van der Waals surface area contributed by atoms with E-state index in [1.54, 1.807) is 24.3 Å². The van der Waals surface area contributed by atoms with E-state index in [4.69, 9.17) is 0 Å². The molecule has 1 heterocycles. The Morgan fingerprint density at radius 1 is 0.947 bits per heavy atom. The Morgan fingerprint density at radius 3 is 2.26 bits per heavy atom. The summed E-state index contributed by atoms with van der Waals surface area (Å²) in [6, 6.07) is 20.9. The summed E-state index contributed by atoms with van der Waals surface area (Å²) in [6.07, 6.45) is 0.842. The molecule has 0 aliphatic heterocycles. The number of ketones is 1. The van der Waals surface area contributed by atoms with E-state index in [2.05, 4.69) is 22.6 Å². The summed E-state index contributed by atoms with van der Waals surface area (Å²) in [6.45, 7) is 9.00. The molecule has 1 aromatic heterocycles. The number of nitrogens with one attached hydrogen (secondary N) is 1. The van der Waals surface area contributed by atoms with Gasteiger partial charge in [0.2, 0.25) is 11.8 Å². The van der Waals surface area contributed by atoms with E-state index < -0.39 is 17.5 Å². The summed E-state index contributed by atoms with van der Waals surface area (Å²) in [7, 11) is 0. The number of fused-ring (bicyclic) bond motifs is 1. The molecule has 3 aromatic carbocycles. The molecule has 0 bridgehead atoms. The third-order valence-corrected chi connectivity index (χ3v) is 6.23. The lowest BCUT2D eigenvalue weighted by Gasteiger charge is -2.34. The first-order chi connectivity index (χ1) is 18.1. The highest BCUT2D eigenvalue weighted by Crippen LogP contribution is 2.32. The van der Waals surface area contributed by atoms with Crippen molar-refractivity contribution in [3.8, 4) is 0 Å². The van der Waals surface area contributed by atoms with E-state index in [1.165, 1.54) is 16.5 Å². The number of anilines is 1. The summed E-state index contributed by atoms with van der Waals surface area (Å²) < 4.78 is 1.51. The third kappa shape index (κ3) is 5.80. The predicted octanol–water partition coefficient (Wildman–Crippen LogP) is 4.89. The Labute approximate surface area is 222 Å². The number of para-hydroxylation sites is 2. The fourth-order valence-corrected chi connectivity index (χ4v) is 4.43.